The van der Waals surface area contributed by atoms with Crippen LogP contribution in [0.4, 0.5) is 0 Å². The van der Waals surface area contributed by atoms with E-state index in [2.05, 4.69) is 48.5 Å². The average Bonchev–Trinajstić information content (AvgIpc) is 2.66. The fourth-order valence-electron chi connectivity index (χ4n) is 2.09. The highest BCUT2D eigenvalue weighted by molar-refractivity contribution is 5.13. The van der Waals surface area contributed by atoms with E-state index in [0.29, 0.717) is 18.2 Å². The molecule has 0 bridgehead atoms. The average molecular weight is 208 g/mol. The van der Waals surface area contributed by atoms with Gasteiger partial charge in [-0.1, -0.05) is 24.3 Å². The normalized spacial score (nSPS) is 33.5. The lowest BCUT2D eigenvalue weighted by atomic mass is 10.1. The van der Waals surface area contributed by atoms with Crippen LogP contribution >= 0.6 is 0 Å². The lowest BCUT2D eigenvalue weighted by Gasteiger charge is -2.24. The molecule has 0 spiro atoms. The summed E-state index contributed by atoms with van der Waals surface area (Å²) in [5.41, 5.74) is 0. The minimum absolute atomic E-state index is 0.328. The molecule has 2 rings (SSSR count). The SMILES string of the molecule is CC(NC1C=CC=CC1)[C@H]1CN(C)CO1. The monoisotopic (exact) mass is 208 g/mol. The zero-order chi connectivity index (χ0) is 10.7. The molecule has 1 saturated heterocycles. The topological polar surface area (TPSA) is 24.5 Å². The first-order valence-electron chi connectivity index (χ1n) is 5.65. The number of nitrogens with one attached hydrogen (secondary N) is 1. The summed E-state index contributed by atoms with van der Waals surface area (Å²) in [6.07, 6.45) is 10.0. The third-order valence-electron chi connectivity index (χ3n) is 3.02. The second-order valence-electron chi connectivity index (χ2n) is 4.48. The van der Waals surface area contributed by atoms with Gasteiger partial charge in [-0.25, -0.2) is 0 Å². The Bertz CT molecular complexity index is 262. The highest BCUT2D eigenvalue weighted by atomic mass is 16.5. The Morgan fingerprint density at radius 2 is 2.33 bits per heavy atom. The van der Waals surface area contributed by atoms with Gasteiger partial charge in [0.2, 0.25) is 0 Å². The first kappa shape index (κ1) is 10.9. The molecule has 0 amide bonds. The Kier molecular flexibility index (Phi) is 3.57. The third kappa shape index (κ3) is 2.91. The summed E-state index contributed by atoms with van der Waals surface area (Å²) in [7, 11) is 2.09. The number of rotatable bonds is 3. The zero-order valence-corrected chi connectivity index (χ0v) is 9.52. The number of allylic oxidation sites excluding steroid dienone is 2. The molecule has 0 aromatic carbocycles. The molecule has 84 valence electrons. The van der Waals surface area contributed by atoms with Crippen LogP contribution in [0.5, 0.6) is 0 Å². The van der Waals surface area contributed by atoms with Crippen molar-refractivity contribution in [2.75, 3.05) is 20.3 Å². The van der Waals surface area contributed by atoms with Crippen LogP contribution in [0.25, 0.3) is 0 Å². The van der Waals surface area contributed by atoms with Crippen molar-refractivity contribution in [2.45, 2.75) is 31.5 Å². The van der Waals surface area contributed by atoms with Crippen LogP contribution in [0.15, 0.2) is 24.3 Å². The van der Waals surface area contributed by atoms with Crippen LogP contribution in [-0.2, 0) is 4.74 Å². The molecule has 1 heterocycles. The molecule has 2 unspecified atom stereocenters. The fraction of sp³-hybridized carbons (Fsp3) is 0.667. The highest BCUT2D eigenvalue weighted by Gasteiger charge is 2.26. The fourth-order valence-corrected chi connectivity index (χ4v) is 2.09. The molecule has 3 nitrogen and oxygen atoms in total. The summed E-state index contributed by atoms with van der Waals surface area (Å²) in [6.45, 7) is 3.99. The maximum absolute atomic E-state index is 5.69. The highest BCUT2D eigenvalue weighted by Crippen LogP contribution is 2.12. The van der Waals surface area contributed by atoms with Crippen molar-refractivity contribution in [1.29, 1.82) is 0 Å². The zero-order valence-electron chi connectivity index (χ0n) is 9.52. The van der Waals surface area contributed by atoms with Gasteiger partial charge in [0.15, 0.2) is 0 Å². The largest absolute Gasteiger partial charge is 0.360 e. The summed E-state index contributed by atoms with van der Waals surface area (Å²) in [5.74, 6) is 0. The maximum Gasteiger partial charge on any atom is 0.0993 e. The van der Waals surface area contributed by atoms with Gasteiger partial charge in [0.05, 0.1) is 12.8 Å². The van der Waals surface area contributed by atoms with E-state index in [4.69, 9.17) is 4.74 Å². The molecule has 1 N–H and O–H groups in total. The minimum Gasteiger partial charge on any atom is -0.360 e. The van der Waals surface area contributed by atoms with E-state index in [-0.39, 0.29) is 0 Å². The van der Waals surface area contributed by atoms with E-state index in [1.54, 1.807) is 0 Å². The predicted molar refractivity (Wildman–Crippen MR) is 61.7 cm³/mol. The van der Waals surface area contributed by atoms with Gasteiger partial charge in [-0.15, -0.1) is 0 Å². The molecule has 0 aromatic rings. The van der Waals surface area contributed by atoms with Crippen molar-refractivity contribution < 1.29 is 4.74 Å². The number of hydrogen-bond donors (Lipinski definition) is 1. The summed E-state index contributed by atoms with van der Waals surface area (Å²) < 4.78 is 5.69. The van der Waals surface area contributed by atoms with Crippen molar-refractivity contribution in [3.8, 4) is 0 Å². The van der Waals surface area contributed by atoms with Gasteiger partial charge in [0.25, 0.3) is 0 Å². The van der Waals surface area contributed by atoms with Crippen molar-refractivity contribution in [2.24, 2.45) is 0 Å². The lowest BCUT2D eigenvalue weighted by Crippen LogP contribution is -2.44. The quantitative estimate of drug-likeness (QED) is 0.752. The smallest absolute Gasteiger partial charge is 0.0993 e. The van der Waals surface area contributed by atoms with Crippen LogP contribution < -0.4 is 5.32 Å². The molecular weight excluding hydrogens is 188 g/mol. The van der Waals surface area contributed by atoms with Crippen molar-refractivity contribution in [3.63, 3.8) is 0 Å². The van der Waals surface area contributed by atoms with Crippen LogP contribution in [0.2, 0.25) is 0 Å². The number of hydrogen-bond acceptors (Lipinski definition) is 3. The second-order valence-corrected chi connectivity index (χ2v) is 4.48. The van der Waals surface area contributed by atoms with Crippen LogP contribution in [-0.4, -0.2) is 43.4 Å². The molecule has 0 radical (unpaired) electrons. The molecule has 2 aliphatic rings. The maximum atomic E-state index is 5.69. The Hall–Kier alpha value is -0.640. The molecule has 1 aliphatic carbocycles. The first-order chi connectivity index (χ1) is 7.25. The predicted octanol–water partition coefficient (Wildman–Crippen LogP) is 1.14. The molecule has 3 heteroatoms. The van der Waals surface area contributed by atoms with Crippen LogP contribution in [0.3, 0.4) is 0 Å². The molecule has 15 heavy (non-hydrogen) atoms. The Balaban J connectivity index is 1.79. The second kappa shape index (κ2) is 4.92. The number of nitrogens with zero attached hydrogens (tertiary/aromatic N) is 1. The van der Waals surface area contributed by atoms with Gasteiger partial charge in [-0.3, -0.25) is 4.90 Å². The minimum atomic E-state index is 0.328. The number of likely N-dealkylation sites (N-methyl/N-ethyl adjacent to an activating group) is 1. The van der Waals surface area contributed by atoms with Gasteiger partial charge in [0.1, 0.15) is 0 Å². The van der Waals surface area contributed by atoms with Gasteiger partial charge in [-0.05, 0) is 20.4 Å². The molecule has 1 aliphatic heterocycles. The summed E-state index contributed by atoms with van der Waals surface area (Å²) in [5, 5.41) is 3.59. The Morgan fingerprint density at radius 1 is 1.47 bits per heavy atom. The Morgan fingerprint density at radius 3 is 2.93 bits per heavy atom. The molecule has 1 fully saturated rings. The first-order valence-corrected chi connectivity index (χ1v) is 5.65. The van der Waals surface area contributed by atoms with Crippen molar-refractivity contribution in [3.05, 3.63) is 24.3 Å². The van der Waals surface area contributed by atoms with E-state index in [9.17, 15) is 0 Å². The lowest BCUT2D eigenvalue weighted by molar-refractivity contribution is 0.0728. The summed E-state index contributed by atoms with van der Waals surface area (Å²) >= 11 is 0. The van der Waals surface area contributed by atoms with Crippen LogP contribution in [0.1, 0.15) is 13.3 Å². The molecule has 3 atom stereocenters. The van der Waals surface area contributed by atoms with Crippen LogP contribution in [0, 0.1) is 0 Å². The molecule has 0 aromatic heterocycles. The third-order valence-corrected chi connectivity index (χ3v) is 3.02. The van der Waals surface area contributed by atoms with E-state index in [0.717, 1.165) is 19.7 Å². The van der Waals surface area contributed by atoms with E-state index < -0.39 is 0 Å². The number of ether oxygens (including phenoxy) is 1. The summed E-state index contributed by atoms with van der Waals surface area (Å²) in [6, 6.07) is 0.885. The van der Waals surface area contributed by atoms with Gasteiger partial charge >= 0.3 is 0 Å². The molecule has 0 saturated carbocycles. The molecular formula is C12H20N2O. The van der Waals surface area contributed by atoms with Gasteiger partial charge < -0.3 is 10.1 Å². The Labute approximate surface area is 91.8 Å². The van der Waals surface area contributed by atoms with E-state index in [1.807, 2.05) is 0 Å². The van der Waals surface area contributed by atoms with Crippen molar-refractivity contribution >= 4 is 0 Å². The van der Waals surface area contributed by atoms with E-state index >= 15 is 0 Å². The van der Waals surface area contributed by atoms with Gasteiger partial charge in [0, 0.05) is 18.6 Å². The summed E-state index contributed by atoms with van der Waals surface area (Å²) in [4.78, 5) is 2.21. The van der Waals surface area contributed by atoms with Crippen molar-refractivity contribution in [1.82, 2.24) is 10.2 Å². The van der Waals surface area contributed by atoms with Gasteiger partial charge in [-0.2, -0.15) is 0 Å². The van der Waals surface area contributed by atoms with E-state index in [1.165, 1.54) is 0 Å². The standard InChI is InChI=1S/C12H20N2O/c1-10(12-8-14(2)9-15-12)13-11-6-4-3-5-7-11/h3-6,10-13H,7-9H2,1-2H3/t10?,11?,12-/m1/s1.